The quantitative estimate of drug-likeness (QED) is 0.434. The van der Waals surface area contributed by atoms with Gasteiger partial charge in [0.2, 0.25) is 16.0 Å². The van der Waals surface area contributed by atoms with Gasteiger partial charge >= 0.3 is 12.2 Å². The predicted molar refractivity (Wildman–Crippen MR) is 133 cm³/mol. The number of piperidine rings is 1. The summed E-state index contributed by atoms with van der Waals surface area (Å²) >= 11 is -0.721. The molecule has 0 spiro atoms. The van der Waals surface area contributed by atoms with Gasteiger partial charge in [-0.25, -0.2) is 22.7 Å². The lowest BCUT2D eigenvalue weighted by atomic mass is 10.0. The first-order chi connectivity index (χ1) is 16.6. The predicted octanol–water partition coefficient (Wildman–Crippen LogP) is 3.75. The molecule has 14 heteroatoms. The van der Waals surface area contributed by atoms with Crippen LogP contribution in [0, 0.1) is 0 Å². The Balaban J connectivity index is 1.46. The molecule has 9 nitrogen and oxygen atoms in total. The summed E-state index contributed by atoms with van der Waals surface area (Å²) in [5.41, 5.74) is 0.865. The van der Waals surface area contributed by atoms with Crippen LogP contribution < -0.4 is 8.38 Å². The van der Waals surface area contributed by atoms with E-state index in [4.69, 9.17) is 3.07 Å². The molecular weight excluding hydrogens is 600 g/mol. The molecule has 0 atom stereocenters. The second-order valence-electron chi connectivity index (χ2n) is 8.15. The average molecular weight is 620 g/mol. The van der Waals surface area contributed by atoms with Gasteiger partial charge in [0, 0.05) is 30.9 Å². The Kier molecular flexibility index (Phi) is 6.29. The fourth-order valence-corrected chi connectivity index (χ4v) is 6.29. The first-order valence-electron chi connectivity index (χ1n) is 10.6. The largest absolute Gasteiger partial charge is 0.416 e. The Bertz CT molecular complexity index is 1400. The van der Waals surface area contributed by atoms with Gasteiger partial charge < -0.3 is 8.38 Å². The molecule has 1 aromatic carbocycles. The number of benzene rings is 1. The highest BCUT2D eigenvalue weighted by Crippen LogP contribution is 2.39. The Morgan fingerprint density at radius 3 is 2.66 bits per heavy atom. The van der Waals surface area contributed by atoms with Gasteiger partial charge in [0.1, 0.15) is 32.5 Å². The highest BCUT2D eigenvalue weighted by molar-refractivity contribution is 14.2. The standard InChI is InChI=1S/C21H20F3IN6O3S/c1-35(32,33)30-9-6-15(7-10-30)27-19-26-8-5-16(28-19)18-17(29-20-31(18)12-25-34-20)13-3-2-4-14(11-13)21(22,23)24/h2-5,8,11-12,15H,6-7,9-10H2,1H3,(H,26,27,28). The molecule has 0 bridgehead atoms. The summed E-state index contributed by atoms with van der Waals surface area (Å²) in [5, 5.41) is 3.25. The molecule has 2 aliphatic heterocycles. The molecule has 0 radical (unpaired) electrons. The van der Waals surface area contributed by atoms with E-state index in [0.717, 1.165) is 12.1 Å². The summed E-state index contributed by atoms with van der Waals surface area (Å²) < 4.78 is 74.1. The van der Waals surface area contributed by atoms with Crippen molar-refractivity contribution in [3.05, 3.63) is 42.1 Å². The van der Waals surface area contributed by atoms with Crippen molar-refractivity contribution >= 4 is 41.3 Å². The van der Waals surface area contributed by atoms with Crippen molar-refractivity contribution in [3.8, 4) is 28.7 Å². The second-order valence-corrected chi connectivity index (χ2v) is 11.6. The van der Waals surface area contributed by atoms with Crippen LogP contribution in [0.1, 0.15) is 18.4 Å². The molecule has 0 saturated carbocycles. The summed E-state index contributed by atoms with van der Waals surface area (Å²) in [6, 6.07) is 6.98. The van der Waals surface area contributed by atoms with E-state index >= 15 is 0 Å². The fourth-order valence-electron chi connectivity index (χ4n) is 4.02. The molecule has 1 saturated heterocycles. The summed E-state index contributed by atoms with van der Waals surface area (Å²) in [6.07, 6.45) is -0.515. The van der Waals surface area contributed by atoms with Gasteiger partial charge in [0.25, 0.3) is 0 Å². The van der Waals surface area contributed by atoms with Crippen LogP contribution in [0.3, 0.4) is 0 Å². The minimum Gasteiger partial charge on any atom is -0.401 e. The Hall–Kier alpha value is -2.59. The molecule has 0 aliphatic carbocycles. The molecular formula is C21H20F3IN6O3S. The van der Waals surface area contributed by atoms with Crippen LogP contribution in [0.2, 0.25) is 0 Å². The van der Waals surface area contributed by atoms with E-state index in [1.54, 1.807) is 22.9 Å². The van der Waals surface area contributed by atoms with Gasteiger partial charge in [-0.15, -0.1) is 0 Å². The number of halogens is 4. The van der Waals surface area contributed by atoms with Crippen molar-refractivity contribution in [2.24, 2.45) is 0 Å². The number of sulfonamides is 1. The number of anilines is 1. The molecule has 1 fully saturated rings. The molecule has 186 valence electrons. The van der Waals surface area contributed by atoms with E-state index < -0.39 is 42.9 Å². The Morgan fingerprint density at radius 2 is 1.94 bits per heavy atom. The van der Waals surface area contributed by atoms with Crippen LogP contribution in [0.5, 0.6) is 6.01 Å². The van der Waals surface area contributed by atoms with Crippen LogP contribution in [0.25, 0.3) is 22.6 Å². The first-order valence-corrected chi connectivity index (χ1v) is 14.6. The van der Waals surface area contributed by atoms with E-state index in [-0.39, 0.29) is 6.04 Å². The summed E-state index contributed by atoms with van der Waals surface area (Å²) in [6.45, 7) is 0.809. The van der Waals surface area contributed by atoms with E-state index in [0.29, 0.717) is 60.5 Å². The highest BCUT2D eigenvalue weighted by Gasteiger charge is 2.32. The van der Waals surface area contributed by atoms with Crippen molar-refractivity contribution in [1.82, 2.24) is 23.8 Å². The van der Waals surface area contributed by atoms with Crippen molar-refractivity contribution in [1.29, 1.82) is 0 Å². The third-order valence-electron chi connectivity index (χ3n) is 5.75. The number of imidazole rings is 1. The third-order valence-corrected chi connectivity index (χ3v) is 8.48. The molecule has 2 aliphatic rings. The molecule has 4 heterocycles. The zero-order valence-corrected chi connectivity index (χ0v) is 21.3. The summed E-state index contributed by atoms with van der Waals surface area (Å²) in [4.78, 5) is 13.4. The maximum absolute atomic E-state index is 13.3. The number of hydrogen-bond acceptors (Lipinski definition) is 7. The van der Waals surface area contributed by atoms with Crippen LogP contribution in [0.15, 0.2) is 36.5 Å². The number of alkyl halides is 3. The number of fused-ring (bicyclic) bond motifs is 1. The monoisotopic (exact) mass is 620 g/mol. The molecule has 35 heavy (non-hydrogen) atoms. The first kappa shape index (κ1) is 24.1. The van der Waals surface area contributed by atoms with Crippen LogP contribution >= 0.6 is 21.1 Å². The lowest BCUT2D eigenvalue weighted by Gasteiger charge is -2.30. The van der Waals surface area contributed by atoms with E-state index in [1.807, 2.05) is 4.14 Å². The lowest BCUT2D eigenvalue weighted by Crippen LogP contribution is -2.42. The minimum atomic E-state index is -4.48. The molecule has 5 rings (SSSR count). The maximum atomic E-state index is 13.3. The zero-order chi connectivity index (χ0) is 24.8. The molecule has 2 aromatic heterocycles. The van der Waals surface area contributed by atoms with Crippen molar-refractivity contribution in [3.63, 3.8) is 0 Å². The summed E-state index contributed by atoms with van der Waals surface area (Å²) in [5.74, 6) is 0.347. The normalized spacial score (nSPS) is 17.0. The Morgan fingerprint density at radius 1 is 1.17 bits per heavy atom. The van der Waals surface area contributed by atoms with Crippen molar-refractivity contribution in [2.45, 2.75) is 25.1 Å². The van der Waals surface area contributed by atoms with Gasteiger partial charge in [-0.05, 0) is 31.0 Å². The molecule has 3 aromatic rings. The van der Waals surface area contributed by atoms with Crippen LogP contribution in [0.4, 0.5) is 19.1 Å². The minimum absolute atomic E-state index is 0.0110. The number of nitrogens with zero attached hydrogens (tertiary/aromatic N) is 5. The van der Waals surface area contributed by atoms with Crippen LogP contribution in [-0.4, -0.2) is 61.8 Å². The Labute approximate surface area is 209 Å². The van der Waals surface area contributed by atoms with Gasteiger partial charge in [0.05, 0.1) is 21.6 Å². The number of hydrogen-bond donors (Lipinski definition) is 1. The van der Waals surface area contributed by atoms with Gasteiger partial charge in [0.15, 0.2) is 0 Å². The average Bonchev–Trinajstić information content (AvgIpc) is 3.40. The third kappa shape index (κ3) is 5.04. The van der Waals surface area contributed by atoms with E-state index in [2.05, 4.69) is 20.3 Å². The smallest absolute Gasteiger partial charge is 0.401 e. The molecule has 1 N–H and O–H groups in total. The fraction of sp³-hybridized carbons (Fsp3) is 0.333. The van der Waals surface area contributed by atoms with Crippen LogP contribution in [-0.2, 0) is 16.2 Å². The topological polar surface area (TPSA) is 102 Å². The van der Waals surface area contributed by atoms with E-state index in [9.17, 15) is 21.6 Å². The number of nitrogens with one attached hydrogen (secondary N) is 1. The molecule has 0 amide bonds. The lowest BCUT2D eigenvalue weighted by molar-refractivity contribution is -0.137. The van der Waals surface area contributed by atoms with E-state index in [1.165, 1.54) is 16.6 Å². The SMILES string of the molecule is CS(=O)(=O)N1CCC(Nc2nccc(-c3c(-c4cccc(C(F)(F)F)c4)nc4n3C=IO4)n2)CC1. The highest BCUT2D eigenvalue weighted by atomic mass is 127. The number of rotatable bonds is 5. The number of aromatic nitrogens is 4. The van der Waals surface area contributed by atoms with Gasteiger partial charge in [-0.2, -0.15) is 18.2 Å². The van der Waals surface area contributed by atoms with Gasteiger partial charge in [-0.3, -0.25) is 4.57 Å². The molecule has 0 unspecified atom stereocenters. The second kappa shape index (κ2) is 9.13. The van der Waals surface area contributed by atoms with Gasteiger partial charge in [-0.1, -0.05) is 12.1 Å². The van der Waals surface area contributed by atoms with Crippen molar-refractivity contribution < 1.29 is 24.7 Å². The zero-order valence-electron chi connectivity index (χ0n) is 18.3. The van der Waals surface area contributed by atoms with Crippen molar-refractivity contribution in [2.75, 3.05) is 24.7 Å². The maximum Gasteiger partial charge on any atom is 0.416 e. The summed E-state index contributed by atoms with van der Waals surface area (Å²) in [7, 11) is -3.23.